The van der Waals surface area contributed by atoms with Crippen molar-refractivity contribution in [3.63, 3.8) is 0 Å². The van der Waals surface area contributed by atoms with Gasteiger partial charge in [-0.05, 0) is 63.5 Å². The Labute approximate surface area is 177 Å². The largest absolute Gasteiger partial charge is 0.498 e. The molecule has 2 aliphatic rings. The van der Waals surface area contributed by atoms with Crippen LogP contribution in [0.25, 0.3) is 0 Å². The quantitative estimate of drug-likeness (QED) is 0.286. The van der Waals surface area contributed by atoms with Gasteiger partial charge in [0, 0.05) is 18.9 Å². The molecular weight excluding hydrogens is 388 g/mol. The standard InChI is InChI=1S/C23H32O7/c1-2-21(24)29-16-6-4-3-5-15-28-19-11-13-20(14-12-19)30-23(27)18-9-7-17(8-10-18)22(25)26/h2,11,13,17-18H,1,3-10,12,14-16H2,(H,25,26). The van der Waals surface area contributed by atoms with Crippen LogP contribution >= 0.6 is 0 Å². The Bertz CT molecular complexity index is 669. The molecule has 7 heteroatoms. The molecule has 0 aromatic carbocycles. The number of esters is 2. The molecule has 30 heavy (non-hydrogen) atoms. The van der Waals surface area contributed by atoms with E-state index in [2.05, 4.69) is 6.58 Å². The Hall–Kier alpha value is -2.57. The Morgan fingerprint density at radius 3 is 2.13 bits per heavy atom. The number of allylic oxidation sites excluding steroid dienone is 4. The number of hydrogen-bond acceptors (Lipinski definition) is 6. The lowest BCUT2D eigenvalue weighted by molar-refractivity contribution is -0.149. The lowest BCUT2D eigenvalue weighted by Crippen LogP contribution is -2.27. The van der Waals surface area contributed by atoms with Gasteiger partial charge in [-0.15, -0.1) is 0 Å². The fourth-order valence-corrected chi connectivity index (χ4v) is 3.59. The molecule has 0 bridgehead atoms. The van der Waals surface area contributed by atoms with Crippen molar-refractivity contribution in [3.8, 4) is 0 Å². The van der Waals surface area contributed by atoms with Crippen LogP contribution in [0.1, 0.15) is 64.2 Å². The molecule has 2 aliphatic carbocycles. The second kappa shape index (κ2) is 12.9. The van der Waals surface area contributed by atoms with Crippen molar-refractivity contribution >= 4 is 17.9 Å². The first kappa shape index (κ1) is 23.7. The maximum atomic E-state index is 12.3. The summed E-state index contributed by atoms with van der Waals surface area (Å²) in [5.74, 6) is -0.418. The average Bonchev–Trinajstić information content (AvgIpc) is 2.76. The number of aliphatic carboxylic acids is 1. The molecule has 0 amide bonds. The highest BCUT2D eigenvalue weighted by Gasteiger charge is 2.31. The summed E-state index contributed by atoms with van der Waals surface area (Å²) in [7, 11) is 0. The van der Waals surface area contributed by atoms with Crippen molar-refractivity contribution in [1.29, 1.82) is 0 Å². The highest BCUT2D eigenvalue weighted by molar-refractivity contribution is 5.81. The summed E-state index contributed by atoms with van der Waals surface area (Å²) in [5, 5.41) is 9.04. The molecule has 0 aromatic heterocycles. The monoisotopic (exact) mass is 420 g/mol. The van der Waals surface area contributed by atoms with Crippen molar-refractivity contribution in [2.24, 2.45) is 11.8 Å². The second-order valence-electron chi connectivity index (χ2n) is 7.71. The van der Waals surface area contributed by atoms with Crippen LogP contribution in [-0.4, -0.2) is 36.2 Å². The molecule has 1 saturated carbocycles. The lowest BCUT2D eigenvalue weighted by atomic mass is 9.82. The van der Waals surface area contributed by atoms with E-state index in [0.717, 1.165) is 31.4 Å². The van der Waals surface area contributed by atoms with Gasteiger partial charge in [-0.1, -0.05) is 6.58 Å². The second-order valence-corrected chi connectivity index (χ2v) is 7.71. The number of rotatable bonds is 12. The summed E-state index contributed by atoms with van der Waals surface area (Å²) < 4.78 is 16.2. The topological polar surface area (TPSA) is 99.1 Å². The number of carboxylic acids is 1. The molecule has 0 unspecified atom stereocenters. The van der Waals surface area contributed by atoms with E-state index in [9.17, 15) is 14.4 Å². The molecule has 0 heterocycles. The molecule has 0 radical (unpaired) electrons. The van der Waals surface area contributed by atoms with E-state index in [-0.39, 0.29) is 23.8 Å². The smallest absolute Gasteiger partial charge is 0.330 e. The van der Waals surface area contributed by atoms with E-state index in [1.165, 1.54) is 6.08 Å². The van der Waals surface area contributed by atoms with Gasteiger partial charge in [-0.3, -0.25) is 9.59 Å². The van der Waals surface area contributed by atoms with Crippen LogP contribution in [0.4, 0.5) is 0 Å². The van der Waals surface area contributed by atoms with Gasteiger partial charge in [0.1, 0.15) is 5.76 Å². The Morgan fingerprint density at radius 1 is 0.933 bits per heavy atom. The fraction of sp³-hybridized carbons (Fsp3) is 0.609. The predicted molar refractivity (Wildman–Crippen MR) is 110 cm³/mol. The van der Waals surface area contributed by atoms with Crippen LogP contribution in [0.5, 0.6) is 0 Å². The first-order valence-corrected chi connectivity index (χ1v) is 10.8. The minimum absolute atomic E-state index is 0.205. The van der Waals surface area contributed by atoms with Gasteiger partial charge in [0.2, 0.25) is 0 Å². The van der Waals surface area contributed by atoms with Gasteiger partial charge in [0.05, 0.1) is 30.8 Å². The molecule has 2 rings (SSSR count). The van der Waals surface area contributed by atoms with Crippen LogP contribution in [0.2, 0.25) is 0 Å². The third-order valence-electron chi connectivity index (χ3n) is 5.45. The summed E-state index contributed by atoms with van der Waals surface area (Å²) in [5.41, 5.74) is 0. The molecule has 0 aliphatic heterocycles. The summed E-state index contributed by atoms with van der Waals surface area (Å²) in [6.07, 6.45) is 12.1. The number of unbranched alkanes of at least 4 members (excludes halogenated alkanes) is 3. The zero-order valence-electron chi connectivity index (χ0n) is 17.5. The molecule has 1 fully saturated rings. The number of carbonyl (C=O) groups is 3. The molecular formula is C23H32O7. The molecule has 166 valence electrons. The minimum Gasteiger partial charge on any atom is -0.498 e. The number of ether oxygens (including phenoxy) is 3. The summed E-state index contributed by atoms with van der Waals surface area (Å²) >= 11 is 0. The van der Waals surface area contributed by atoms with E-state index < -0.39 is 5.97 Å². The van der Waals surface area contributed by atoms with Gasteiger partial charge in [-0.2, -0.15) is 0 Å². The van der Waals surface area contributed by atoms with Gasteiger partial charge < -0.3 is 19.3 Å². The Morgan fingerprint density at radius 2 is 1.53 bits per heavy atom. The highest BCUT2D eigenvalue weighted by atomic mass is 16.5. The van der Waals surface area contributed by atoms with Gasteiger partial charge in [0.15, 0.2) is 0 Å². The minimum atomic E-state index is -0.775. The summed E-state index contributed by atoms with van der Waals surface area (Å²) in [4.78, 5) is 34.2. The molecule has 7 nitrogen and oxygen atoms in total. The van der Waals surface area contributed by atoms with Crippen LogP contribution in [0.15, 0.2) is 36.3 Å². The third-order valence-corrected chi connectivity index (χ3v) is 5.45. The van der Waals surface area contributed by atoms with Gasteiger partial charge >= 0.3 is 17.9 Å². The molecule has 1 N–H and O–H groups in total. The summed E-state index contributed by atoms with van der Waals surface area (Å²) in [6.45, 7) is 4.40. The van der Waals surface area contributed by atoms with E-state index in [4.69, 9.17) is 19.3 Å². The highest BCUT2D eigenvalue weighted by Crippen LogP contribution is 2.31. The van der Waals surface area contributed by atoms with Crippen LogP contribution < -0.4 is 0 Å². The molecule has 0 saturated heterocycles. The van der Waals surface area contributed by atoms with E-state index >= 15 is 0 Å². The first-order chi connectivity index (χ1) is 14.5. The average molecular weight is 421 g/mol. The summed E-state index contributed by atoms with van der Waals surface area (Å²) in [6, 6.07) is 0. The van der Waals surface area contributed by atoms with Crippen LogP contribution in [-0.2, 0) is 28.6 Å². The number of hydrogen-bond donors (Lipinski definition) is 1. The molecule has 0 spiro atoms. The SMILES string of the molecule is C=CC(=O)OCCCCCCOC1=CC=C(OC(=O)C2CCC(C(=O)O)CC2)CC1. The normalized spacial score (nSPS) is 21.1. The number of carbonyl (C=O) groups excluding carboxylic acids is 2. The van der Waals surface area contributed by atoms with Gasteiger partial charge in [0.25, 0.3) is 0 Å². The van der Waals surface area contributed by atoms with Crippen molar-refractivity contribution in [2.75, 3.05) is 13.2 Å². The maximum absolute atomic E-state index is 12.3. The molecule has 0 atom stereocenters. The third kappa shape index (κ3) is 8.43. The maximum Gasteiger partial charge on any atom is 0.330 e. The lowest BCUT2D eigenvalue weighted by Gasteiger charge is -2.25. The van der Waals surface area contributed by atoms with E-state index in [1.807, 2.05) is 6.08 Å². The number of carboxylic acid groups (broad SMARTS) is 1. The van der Waals surface area contributed by atoms with Crippen molar-refractivity contribution < 1.29 is 33.7 Å². The Kier molecular flexibility index (Phi) is 10.2. The van der Waals surface area contributed by atoms with Crippen molar-refractivity contribution in [1.82, 2.24) is 0 Å². The fourth-order valence-electron chi connectivity index (χ4n) is 3.59. The Balaban J connectivity index is 1.58. The van der Waals surface area contributed by atoms with Crippen molar-refractivity contribution in [3.05, 3.63) is 36.3 Å². The van der Waals surface area contributed by atoms with E-state index in [0.29, 0.717) is 57.5 Å². The molecule has 0 aromatic rings. The van der Waals surface area contributed by atoms with Crippen LogP contribution in [0.3, 0.4) is 0 Å². The zero-order chi connectivity index (χ0) is 21.8. The zero-order valence-corrected chi connectivity index (χ0v) is 17.5. The predicted octanol–water partition coefficient (Wildman–Crippen LogP) is 4.29. The van der Waals surface area contributed by atoms with Crippen molar-refractivity contribution in [2.45, 2.75) is 64.2 Å². The van der Waals surface area contributed by atoms with E-state index in [1.54, 1.807) is 6.08 Å². The van der Waals surface area contributed by atoms with Crippen LogP contribution in [0, 0.1) is 11.8 Å². The van der Waals surface area contributed by atoms with Gasteiger partial charge in [-0.25, -0.2) is 4.79 Å². The first-order valence-electron chi connectivity index (χ1n) is 10.8.